The average molecular weight is 623 g/mol. The number of nitrogens with zero attached hydrogens (tertiary/aromatic N) is 1. The molecule has 0 unspecified atom stereocenters. The number of amides is 3. The van der Waals surface area contributed by atoms with Crippen molar-refractivity contribution in [2.75, 3.05) is 26.3 Å². The SMILES string of the molecule is C[C@@H](NC(=O)[C@@H]1C[C@]2(COCCN)C[C@@H]2N1C(=O)CNC(=O)c1ccc(Oc2ccc(F)cc2)cc1)c1cc(C(=N)N)cs1. The molecule has 2 aromatic carbocycles. The summed E-state index contributed by atoms with van der Waals surface area (Å²) in [4.78, 5) is 42.3. The topological polar surface area (TPSA) is 173 Å². The number of rotatable bonds is 13. The van der Waals surface area contributed by atoms with Crippen LogP contribution in [-0.4, -0.2) is 66.8 Å². The molecule has 44 heavy (non-hydrogen) atoms. The Labute approximate surface area is 258 Å². The lowest BCUT2D eigenvalue weighted by Gasteiger charge is -2.28. The Balaban J connectivity index is 1.21. The highest BCUT2D eigenvalue weighted by molar-refractivity contribution is 7.10. The van der Waals surface area contributed by atoms with Gasteiger partial charge in [0.05, 0.1) is 25.8 Å². The van der Waals surface area contributed by atoms with Gasteiger partial charge in [0.25, 0.3) is 5.91 Å². The third-order valence-electron chi connectivity index (χ3n) is 7.94. The van der Waals surface area contributed by atoms with E-state index in [1.165, 1.54) is 35.6 Å². The molecule has 3 aromatic rings. The number of nitrogens with two attached hydrogens (primary N) is 2. The fourth-order valence-electron chi connectivity index (χ4n) is 5.54. The molecule has 0 radical (unpaired) electrons. The number of hydrogen-bond donors (Lipinski definition) is 5. The van der Waals surface area contributed by atoms with Gasteiger partial charge in [0.15, 0.2) is 0 Å². The average Bonchev–Trinajstić information content (AvgIpc) is 3.33. The van der Waals surface area contributed by atoms with E-state index in [0.717, 1.165) is 4.88 Å². The molecule has 4 atom stereocenters. The van der Waals surface area contributed by atoms with Gasteiger partial charge in [-0.3, -0.25) is 19.8 Å². The first-order valence-corrected chi connectivity index (χ1v) is 15.1. The molecule has 2 heterocycles. The van der Waals surface area contributed by atoms with Crippen molar-refractivity contribution < 1.29 is 28.2 Å². The number of ether oxygens (including phenoxy) is 2. The predicted octanol–water partition coefficient (Wildman–Crippen LogP) is 2.91. The van der Waals surface area contributed by atoms with E-state index in [2.05, 4.69) is 10.6 Å². The van der Waals surface area contributed by atoms with Crippen molar-refractivity contribution in [1.29, 1.82) is 5.41 Å². The van der Waals surface area contributed by atoms with Gasteiger partial charge >= 0.3 is 0 Å². The number of nitrogen functional groups attached to an aromatic ring is 1. The Hall–Kier alpha value is -4.33. The molecule has 5 rings (SSSR count). The number of nitrogens with one attached hydrogen (secondary N) is 3. The second-order valence-corrected chi connectivity index (χ2v) is 12.0. The number of piperidine rings is 1. The lowest BCUT2D eigenvalue weighted by molar-refractivity contribution is -0.139. The summed E-state index contributed by atoms with van der Waals surface area (Å²) >= 11 is 1.39. The molecule has 232 valence electrons. The van der Waals surface area contributed by atoms with Crippen LogP contribution >= 0.6 is 11.3 Å². The number of amidine groups is 1. The van der Waals surface area contributed by atoms with Crippen LogP contribution in [-0.2, 0) is 14.3 Å². The van der Waals surface area contributed by atoms with Gasteiger partial charge in [-0.2, -0.15) is 0 Å². The van der Waals surface area contributed by atoms with Gasteiger partial charge in [-0.25, -0.2) is 4.39 Å². The maximum atomic E-state index is 13.5. The molecule has 13 heteroatoms. The van der Waals surface area contributed by atoms with Gasteiger partial charge < -0.3 is 36.5 Å². The van der Waals surface area contributed by atoms with Crippen LogP contribution in [0.15, 0.2) is 60.0 Å². The number of fused-ring (bicyclic) bond motifs is 1. The monoisotopic (exact) mass is 622 g/mol. The van der Waals surface area contributed by atoms with Crippen LogP contribution in [0, 0.1) is 16.6 Å². The number of hydrogen-bond acceptors (Lipinski definition) is 8. The van der Waals surface area contributed by atoms with Crippen molar-refractivity contribution in [3.8, 4) is 11.5 Å². The standard InChI is InChI=1S/C31H35FN6O5S/c1-18(25-12-20(16-44-25)28(34)35)37-30(41)24-13-31(17-42-11-10-33)14-26(31)38(24)27(39)15-36-29(40)19-2-6-22(7-3-19)43-23-8-4-21(32)5-9-23/h2-9,12,16,18,24,26H,10-11,13-15,17,33H2,1H3,(H3,34,35)(H,36,40)(H,37,41)/t18-,24+,26+,31-/m1/s1. The van der Waals surface area contributed by atoms with Crippen LogP contribution < -0.4 is 26.8 Å². The third kappa shape index (κ3) is 6.90. The third-order valence-corrected chi connectivity index (χ3v) is 9.06. The minimum Gasteiger partial charge on any atom is -0.457 e. The maximum Gasteiger partial charge on any atom is 0.251 e. The molecule has 1 saturated carbocycles. The second kappa shape index (κ2) is 13.1. The molecule has 7 N–H and O–H groups in total. The van der Waals surface area contributed by atoms with Crippen molar-refractivity contribution in [3.63, 3.8) is 0 Å². The summed E-state index contributed by atoms with van der Waals surface area (Å²) in [7, 11) is 0. The fourth-order valence-corrected chi connectivity index (χ4v) is 6.46. The molecule has 1 saturated heterocycles. The van der Waals surface area contributed by atoms with E-state index < -0.39 is 11.9 Å². The predicted molar refractivity (Wildman–Crippen MR) is 163 cm³/mol. The van der Waals surface area contributed by atoms with Gasteiger partial charge in [0, 0.05) is 39.4 Å². The lowest BCUT2D eigenvalue weighted by atomic mass is 10.00. The first-order chi connectivity index (χ1) is 21.1. The zero-order valence-corrected chi connectivity index (χ0v) is 25.0. The lowest BCUT2D eigenvalue weighted by Crippen LogP contribution is -2.51. The van der Waals surface area contributed by atoms with Crippen LogP contribution in [0.4, 0.5) is 4.39 Å². The summed E-state index contributed by atoms with van der Waals surface area (Å²) in [6, 6.07) is 12.4. The Morgan fingerprint density at radius 2 is 1.80 bits per heavy atom. The zero-order valence-electron chi connectivity index (χ0n) is 24.2. The number of carbonyl (C=O) groups is 3. The molecule has 2 aliphatic rings. The van der Waals surface area contributed by atoms with Gasteiger partial charge in [-0.1, -0.05) is 0 Å². The van der Waals surface area contributed by atoms with Crippen LogP contribution in [0.1, 0.15) is 46.6 Å². The largest absolute Gasteiger partial charge is 0.457 e. The minimum atomic E-state index is -0.725. The molecule has 2 fully saturated rings. The summed E-state index contributed by atoms with van der Waals surface area (Å²) in [6.07, 6.45) is 1.15. The fraction of sp³-hybridized carbons (Fsp3) is 0.355. The van der Waals surface area contributed by atoms with E-state index in [1.54, 1.807) is 40.6 Å². The van der Waals surface area contributed by atoms with Crippen molar-refractivity contribution in [1.82, 2.24) is 15.5 Å². The minimum absolute atomic E-state index is 0.0468. The molecule has 3 amide bonds. The Morgan fingerprint density at radius 3 is 2.43 bits per heavy atom. The van der Waals surface area contributed by atoms with Crippen LogP contribution in [0.5, 0.6) is 11.5 Å². The van der Waals surface area contributed by atoms with E-state index in [0.29, 0.717) is 55.2 Å². The second-order valence-electron chi connectivity index (χ2n) is 11.1. The molecular weight excluding hydrogens is 587 g/mol. The van der Waals surface area contributed by atoms with Crippen molar-refractivity contribution in [2.45, 2.75) is 37.9 Å². The normalized spacial score (nSPS) is 20.8. The zero-order chi connectivity index (χ0) is 31.4. The highest BCUT2D eigenvalue weighted by atomic mass is 32.1. The van der Waals surface area contributed by atoms with Gasteiger partial charge in [-0.05, 0) is 74.4 Å². The van der Waals surface area contributed by atoms with Crippen LogP contribution in [0.2, 0.25) is 0 Å². The number of halogens is 1. The molecule has 0 bridgehead atoms. The molecule has 1 aliphatic carbocycles. The van der Waals surface area contributed by atoms with Crippen molar-refractivity contribution >= 4 is 34.9 Å². The number of benzene rings is 2. The highest BCUT2D eigenvalue weighted by Gasteiger charge is 2.67. The maximum absolute atomic E-state index is 13.5. The summed E-state index contributed by atoms with van der Waals surface area (Å²) in [6.45, 7) is 2.71. The quantitative estimate of drug-likeness (QED) is 0.111. The smallest absolute Gasteiger partial charge is 0.251 e. The first-order valence-electron chi connectivity index (χ1n) is 14.2. The van der Waals surface area contributed by atoms with E-state index in [4.69, 9.17) is 26.4 Å². The summed E-state index contributed by atoms with van der Waals surface area (Å²) in [5, 5.41) is 15.1. The number of thiophene rings is 1. The van der Waals surface area contributed by atoms with E-state index in [1.807, 2.05) is 6.92 Å². The van der Waals surface area contributed by atoms with E-state index in [-0.39, 0.29) is 47.5 Å². The molecular formula is C31H35FN6O5S. The number of likely N-dealkylation sites (tertiary alicyclic amines) is 1. The van der Waals surface area contributed by atoms with Gasteiger partial charge in [-0.15, -0.1) is 11.3 Å². The van der Waals surface area contributed by atoms with E-state index >= 15 is 0 Å². The van der Waals surface area contributed by atoms with E-state index in [9.17, 15) is 18.8 Å². The number of carbonyl (C=O) groups excluding carboxylic acids is 3. The van der Waals surface area contributed by atoms with Crippen molar-refractivity contribution in [2.24, 2.45) is 16.9 Å². The molecule has 0 spiro atoms. The summed E-state index contributed by atoms with van der Waals surface area (Å²) in [5.74, 6) is -0.607. The van der Waals surface area contributed by atoms with Crippen LogP contribution in [0.25, 0.3) is 0 Å². The summed E-state index contributed by atoms with van der Waals surface area (Å²) in [5.41, 5.74) is 11.8. The van der Waals surface area contributed by atoms with Crippen molar-refractivity contribution in [3.05, 3.63) is 81.8 Å². The first kappa shape index (κ1) is 31.1. The summed E-state index contributed by atoms with van der Waals surface area (Å²) < 4.78 is 24.5. The Bertz CT molecular complexity index is 1530. The Kier molecular flexibility index (Phi) is 9.28. The highest BCUT2D eigenvalue weighted by Crippen LogP contribution is 2.59. The van der Waals surface area contributed by atoms with Crippen LogP contribution in [0.3, 0.4) is 0 Å². The molecule has 11 nitrogen and oxygen atoms in total. The van der Waals surface area contributed by atoms with Gasteiger partial charge in [0.2, 0.25) is 11.8 Å². The molecule has 1 aliphatic heterocycles. The molecule has 1 aromatic heterocycles. The van der Waals surface area contributed by atoms with Gasteiger partial charge in [0.1, 0.15) is 29.2 Å². The Morgan fingerprint density at radius 1 is 1.11 bits per heavy atom.